The van der Waals surface area contributed by atoms with Gasteiger partial charge >= 0.3 is 0 Å². The maximum atomic E-state index is 12.9. The van der Waals surface area contributed by atoms with Crippen LogP contribution in [-0.4, -0.2) is 43.5 Å². The number of anilines is 2. The molecule has 1 unspecified atom stereocenters. The molecule has 1 aliphatic carbocycles. The fourth-order valence-electron chi connectivity index (χ4n) is 4.16. The number of fused-ring (bicyclic) bond motifs is 1. The van der Waals surface area contributed by atoms with Gasteiger partial charge in [0.05, 0.1) is 16.3 Å². The van der Waals surface area contributed by atoms with Crippen molar-refractivity contribution in [3.63, 3.8) is 0 Å². The van der Waals surface area contributed by atoms with E-state index in [9.17, 15) is 4.79 Å². The van der Waals surface area contributed by atoms with E-state index < -0.39 is 0 Å². The Bertz CT molecular complexity index is 808. The minimum atomic E-state index is 0.0293. The molecule has 4 nitrogen and oxygen atoms in total. The molecule has 0 radical (unpaired) electrons. The maximum Gasteiger partial charge on any atom is 0.265 e. The van der Waals surface area contributed by atoms with Gasteiger partial charge in [0.2, 0.25) is 0 Å². The fourth-order valence-corrected chi connectivity index (χ4v) is 5.27. The van der Waals surface area contributed by atoms with E-state index in [1.807, 2.05) is 12.1 Å². The molecular weight excluding hydrogens is 354 g/mol. The SMILES string of the molecule is CCN1CCN(c2ccccc2NC(=O)c2cc3c(s2)CCC(C)C3)CC1. The molecule has 0 spiro atoms. The summed E-state index contributed by atoms with van der Waals surface area (Å²) in [6, 6.07) is 10.3. The second kappa shape index (κ2) is 8.03. The van der Waals surface area contributed by atoms with Crippen molar-refractivity contribution in [3.8, 4) is 0 Å². The molecule has 1 N–H and O–H groups in total. The summed E-state index contributed by atoms with van der Waals surface area (Å²) in [4.78, 5) is 20.0. The predicted molar refractivity (Wildman–Crippen MR) is 114 cm³/mol. The Morgan fingerprint density at radius 2 is 2.00 bits per heavy atom. The average Bonchev–Trinajstić information content (AvgIpc) is 3.12. The van der Waals surface area contributed by atoms with Gasteiger partial charge in [-0.05, 0) is 55.5 Å². The number of carbonyl (C=O) groups excluding carboxylic acids is 1. The Kier molecular flexibility index (Phi) is 5.50. The van der Waals surface area contributed by atoms with Crippen molar-refractivity contribution in [1.82, 2.24) is 4.90 Å². The Morgan fingerprint density at radius 3 is 2.78 bits per heavy atom. The lowest BCUT2D eigenvalue weighted by Gasteiger charge is -2.36. The van der Waals surface area contributed by atoms with Crippen LogP contribution in [0.15, 0.2) is 30.3 Å². The third-order valence-electron chi connectivity index (χ3n) is 5.87. The molecule has 1 aromatic heterocycles. The van der Waals surface area contributed by atoms with Crippen LogP contribution < -0.4 is 10.2 Å². The second-order valence-electron chi connectivity index (χ2n) is 7.80. The molecule has 144 valence electrons. The first kappa shape index (κ1) is 18.5. The highest BCUT2D eigenvalue weighted by molar-refractivity contribution is 7.14. The molecule has 2 heterocycles. The number of hydrogen-bond donors (Lipinski definition) is 1. The number of amides is 1. The highest BCUT2D eigenvalue weighted by atomic mass is 32.1. The summed E-state index contributed by atoms with van der Waals surface area (Å²) in [5.74, 6) is 0.757. The standard InChI is InChI=1S/C22H29N3OS/c1-3-24-10-12-25(13-11-24)19-7-5-4-6-18(19)23-22(26)21-15-17-14-16(2)8-9-20(17)27-21/h4-7,15-16H,3,8-14H2,1-2H3,(H,23,26). The number of carbonyl (C=O) groups is 1. The number of para-hydroxylation sites is 2. The zero-order valence-electron chi connectivity index (χ0n) is 16.3. The minimum absolute atomic E-state index is 0.0293. The van der Waals surface area contributed by atoms with Crippen molar-refractivity contribution < 1.29 is 4.79 Å². The zero-order valence-corrected chi connectivity index (χ0v) is 17.1. The van der Waals surface area contributed by atoms with Gasteiger partial charge in [-0.3, -0.25) is 4.79 Å². The summed E-state index contributed by atoms with van der Waals surface area (Å²) in [7, 11) is 0. The van der Waals surface area contributed by atoms with Crippen molar-refractivity contribution in [2.45, 2.75) is 33.1 Å². The lowest BCUT2D eigenvalue weighted by molar-refractivity contribution is 0.103. The average molecular weight is 384 g/mol. The first-order valence-electron chi connectivity index (χ1n) is 10.1. The van der Waals surface area contributed by atoms with Crippen LogP contribution in [-0.2, 0) is 12.8 Å². The van der Waals surface area contributed by atoms with E-state index in [0.717, 1.165) is 67.7 Å². The number of hydrogen-bond acceptors (Lipinski definition) is 4. The molecular formula is C22H29N3OS. The van der Waals surface area contributed by atoms with E-state index in [2.05, 4.69) is 47.2 Å². The number of rotatable bonds is 4. The van der Waals surface area contributed by atoms with E-state index >= 15 is 0 Å². The van der Waals surface area contributed by atoms with Gasteiger partial charge in [-0.2, -0.15) is 0 Å². The second-order valence-corrected chi connectivity index (χ2v) is 8.94. The van der Waals surface area contributed by atoms with Gasteiger partial charge in [0.15, 0.2) is 0 Å². The van der Waals surface area contributed by atoms with Crippen molar-refractivity contribution in [2.75, 3.05) is 42.9 Å². The van der Waals surface area contributed by atoms with E-state index in [0.29, 0.717) is 0 Å². The molecule has 1 aliphatic heterocycles. The third-order valence-corrected chi connectivity index (χ3v) is 7.10. The Hall–Kier alpha value is -1.85. The summed E-state index contributed by atoms with van der Waals surface area (Å²) in [6.07, 6.45) is 3.46. The summed E-state index contributed by atoms with van der Waals surface area (Å²) < 4.78 is 0. The Morgan fingerprint density at radius 1 is 1.22 bits per heavy atom. The number of benzene rings is 1. The number of likely N-dealkylation sites (N-methyl/N-ethyl adjacent to an activating group) is 1. The van der Waals surface area contributed by atoms with E-state index in [1.165, 1.54) is 16.9 Å². The van der Waals surface area contributed by atoms with Gasteiger partial charge in [-0.25, -0.2) is 0 Å². The normalized spacial score (nSPS) is 20.4. The summed E-state index contributed by atoms with van der Waals surface area (Å²) in [5, 5.41) is 3.19. The molecule has 1 saturated heterocycles. The van der Waals surface area contributed by atoms with Gasteiger partial charge in [0.1, 0.15) is 0 Å². The highest BCUT2D eigenvalue weighted by Crippen LogP contribution is 2.33. The van der Waals surface area contributed by atoms with Crippen LogP contribution in [0.25, 0.3) is 0 Å². The van der Waals surface area contributed by atoms with Crippen LogP contribution in [0.4, 0.5) is 11.4 Å². The largest absolute Gasteiger partial charge is 0.367 e. The fraction of sp³-hybridized carbons (Fsp3) is 0.500. The summed E-state index contributed by atoms with van der Waals surface area (Å²) in [6.45, 7) is 9.79. The van der Waals surface area contributed by atoms with Crippen LogP contribution in [0.1, 0.15) is 40.4 Å². The van der Waals surface area contributed by atoms with Gasteiger partial charge < -0.3 is 15.1 Å². The Balaban J connectivity index is 1.49. The number of thiophene rings is 1. The van der Waals surface area contributed by atoms with Gasteiger partial charge in [-0.1, -0.05) is 26.0 Å². The van der Waals surface area contributed by atoms with E-state index in [1.54, 1.807) is 11.3 Å². The number of piperazine rings is 1. The molecule has 5 heteroatoms. The molecule has 0 saturated carbocycles. The smallest absolute Gasteiger partial charge is 0.265 e. The van der Waals surface area contributed by atoms with Crippen molar-refractivity contribution in [1.29, 1.82) is 0 Å². The van der Waals surface area contributed by atoms with E-state index in [-0.39, 0.29) is 5.91 Å². The van der Waals surface area contributed by atoms with Crippen LogP contribution in [0.3, 0.4) is 0 Å². The van der Waals surface area contributed by atoms with Crippen LogP contribution in [0, 0.1) is 5.92 Å². The molecule has 1 amide bonds. The highest BCUT2D eigenvalue weighted by Gasteiger charge is 2.22. The molecule has 27 heavy (non-hydrogen) atoms. The van der Waals surface area contributed by atoms with Crippen molar-refractivity contribution in [2.24, 2.45) is 5.92 Å². The number of nitrogens with one attached hydrogen (secondary N) is 1. The molecule has 4 rings (SSSR count). The molecule has 1 fully saturated rings. The maximum absolute atomic E-state index is 12.9. The first-order chi connectivity index (χ1) is 13.1. The van der Waals surface area contributed by atoms with Crippen LogP contribution >= 0.6 is 11.3 Å². The lowest BCUT2D eigenvalue weighted by Crippen LogP contribution is -2.46. The lowest BCUT2D eigenvalue weighted by atomic mass is 9.90. The minimum Gasteiger partial charge on any atom is -0.367 e. The molecule has 1 atom stereocenters. The Labute approximate surface area is 166 Å². The van der Waals surface area contributed by atoms with E-state index in [4.69, 9.17) is 0 Å². The summed E-state index contributed by atoms with van der Waals surface area (Å²) >= 11 is 1.68. The molecule has 2 aliphatic rings. The van der Waals surface area contributed by atoms with Crippen LogP contribution in [0.5, 0.6) is 0 Å². The number of nitrogens with zero attached hydrogens (tertiary/aromatic N) is 2. The van der Waals surface area contributed by atoms with Crippen LogP contribution in [0.2, 0.25) is 0 Å². The van der Waals surface area contributed by atoms with Crippen molar-refractivity contribution >= 4 is 28.6 Å². The zero-order chi connectivity index (χ0) is 18.8. The molecule has 0 bridgehead atoms. The topological polar surface area (TPSA) is 35.6 Å². The van der Waals surface area contributed by atoms with Gasteiger partial charge in [-0.15, -0.1) is 11.3 Å². The van der Waals surface area contributed by atoms with Gasteiger partial charge in [0.25, 0.3) is 5.91 Å². The molecule has 1 aromatic carbocycles. The predicted octanol–water partition coefficient (Wildman–Crippen LogP) is 4.27. The summed E-state index contributed by atoms with van der Waals surface area (Å²) in [5.41, 5.74) is 3.44. The quantitative estimate of drug-likeness (QED) is 0.856. The number of aryl methyl sites for hydroxylation is 1. The molecule has 2 aromatic rings. The van der Waals surface area contributed by atoms with Gasteiger partial charge in [0, 0.05) is 31.1 Å². The van der Waals surface area contributed by atoms with Crippen molar-refractivity contribution in [3.05, 3.63) is 45.6 Å². The monoisotopic (exact) mass is 383 g/mol. The third kappa shape index (κ3) is 4.04. The first-order valence-corrected chi connectivity index (χ1v) is 10.9.